The third-order valence-corrected chi connectivity index (χ3v) is 4.02. The fourth-order valence-electron chi connectivity index (χ4n) is 2.93. The van der Waals surface area contributed by atoms with Crippen molar-refractivity contribution in [3.05, 3.63) is 47.3 Å². The van der Waals surface area contributed by atoms with E-state index in [9.17, 15) is 4.79 Å². The zero-order valence-corrected chi connectivity index (χ0v) is 14.6. The van der Waals surface area contributed by atoms with Gasteiger partial charge in [0, 0.05) is 36.9 Å². The Morgan fingerprint density at radius 3 is 2.52 bits per heavy atom. The number of nitrogens with one attached hydrogen (secondary N) is 1. The number of piperazine rings is 1. The summed E-state index contributed by atoms with van der Waals surface area (Å²) in [5.41, 5.74) is 3.80. The maximum absolute atomic E-state index is 12.5. The van der Waals surface area contributed by atoms with Gasteiger partial charge >= 0.3 is 0 Å². The standard InChI is InChI=1S/C17H22N4O.ClH/c1-12-10-14(3)21(19-12)16-6-4-15(5-7-16)17(22)20-9-8-18-13(2)11-20;/h4-7,10,13,18H,8-9,11H2,1-3H3;1H. The smallest absolute Gasteiger partial charge is 0.253 e. The number of benzene rings is 1. The average Bonchev–Trinajstić information content (AvgIpc) is 2.85. The van der Waals surface area contributed by atoms with E-state index in [2.05, 4.69) is 17.3 Å². The molecule has 1 N–H and O–H groups in total. The topological polar surface area (TPSA) is 50.2 Å². The van der Waals surface area contributed by atoms with Crippen LogP contribution in [0.5, 0.6) is 0 Å². The van der Waals surface area contributed by atoms with Crippen LogP contribution in [0.3, 0.4) is 0 Å². The maximum Gasteiger partial charge on any atom is 0.253 e. The van der Waals surface area contributed by atoms with Crippen LogP contribution < -0.4 is 5.32 Å². The number of hydrogen-bond acceptors (Lipinski definition) is 3. The molecule has 3 rings (SSSR count). The summed E-state index contributed by atoms with van der Waals surface area (Å²) in [6.45, 7) is 8.50. The first kappa shape index (κ1) is 17.5. The highest BCUT2D eigenvalue weighted by atomic mass is 35.5. The summed E-state index contributed by atoms with van der Waals surface area (Å²) < 4.78 is 1.90. The highest BCUT2D eigenvalue weighted by Gasteiger charge is 2.21. The van der Waals surface area contributed by atoms with Crippen LogP contribution in [0.1, 0.15) is 28.7 Å². The summed E-state index contributed by atoms with van der Waals surface area (Å²) in [6, 6.07) is 10.1. The Morgan fingerprint density at radius 2 is 1.96 bits per heavy atom. The van der Waals surface area contributed by atoms with Crippen LogP contribution in [0.4, 0.5) is 0 Å². The van der Waals surface area contributed by atoms with Crippen LogP contribution in [0.25, 0.3) is 5.69 Å². The van der Waals surface area contributed by atoms with E-state index in [4.69, 9.17) is 0 Å². The number of aryl methyl sites for hydroxylation is 2. The van der Waals surface area contributed by atoms with E-state index in [1.165, 1.54) is 0 Å². The van der Waals surface area contributed by atoms with Gasteiger partial charge in [-0.3, -0.25) is 4.79 Å². The molecular formula is C17H23ClN4O. The SMILES string of the molecule is Cc1cc(C)n(-c2ccc(C(=O)N3CCNC(C)C3)cc2)n1.Cl. The number of amides is 1. The number of aromatic nitrogens is 2. The molecular weight excluding hydrogens is 312 g/mol. The molecule has 1 amide bonds. The van der Waals surface area contributed by atoms with E-state index in [0.29, 0.717) is 6.04 Å². The Balaban J connectivity index is 0.00000192. The Hall–Kier alpha value is -1.85. The minimum atomic E-state index is 0. The molecule has 1 aliphatic heterocycles. The van der Waals surface area contributed by atoms with E-state index >= 15 is 0 Å². The van der Waals surface area contributed by atoms with E-state index in [1.54, 1.807) is 0 Å². The van der Waals surface area contributed by atoms with Gasteiger partial charge in [-0.25, -0.2) is 4.68 Å². The molecule has 0 bridgehead atoms. The average molecular weight is 335 g/mol. The second kappa shape index (κ2) is 7.15. The van der Waals surface area contributed by atoms with E-state index in [1.807, 2.05) is 53.8 Å². The van der Waals surface area contributed by atoms with Gasteiger partial charge in [-0.15, -0.1) is 12.4 Å². The van der Waals surface area contributed by atoms with Crippen LogP contribution in [0.2, 0.25) is 0 Å². The van der Waals surface area contributed by atoms with Gasteiger partial charge in [0.1, 0.15) is 0 Å². The molecule has 0 spiro atoms. The zero-order valence-electron chi connectivity index (χ0n) is 13.7. The lowest BCUT2D eigenvalue weighted by Crippen LogP contribution is -2.51. The van der Waals surface area contributed by atoms with Gasteiger partial charge in [0.25, 0.3) is 5.91 Å². The number of carbonyl (C=O) groups is 1. The molecule has 2 heterocycles. The summed E-state index contributed by atoms with van der Waals surface area (Å²) in [4.78, 5) is 14.5. The molecule has 1 fully saturated rings. The van der Waals surface area contributed by atoms with Gasteiger partial charge in [-0.2, -0.15) is 5.10 Å². The number of hydrogen-bond donors (Lipinski definition) is 1. The Labute approximate surface area is 143 Å². The lowest BCUT2D eigenvalue weighted by atomic mass is 10.1. The van der Waals surface area contributed by atoms with Gasteiger partial charge in [0.05, 0.1) is 11.4 Å². The Bertz CT molecular complexity index is 680. The summed E-state index contributed by atoms with van der Waals surface area (Å²) in [6.07, 6.45) is 0. The molecule has 2 aromatic rings. The molecule has 1 saturated heterocycles. The van der Waals surface area contributed by atoms with E-state index in [0.717, 1.165) is 42.3 Å². The molecule has 1 aliphatic rings. The lowest BCUT2D eigenvalue weighted by Gasteiger charge is -2.32. The maximum atomic E-state index is 12.5. The van der Waals surface area contributed by atoms with Crippen molar-refractivity contribution in [2.45, 2.75) is 26.8 Å². The van der Waals surface area contributed by atoms with Crippen LogP contribution >= 0.6 is 12.4 Å². The number of carbonyl (C=O) groups excluding carboxylic acids is 1. The molecule has 0 saturated carbocycles. The van der Waals surface area contributed by atoms with Crippen molar-refractivity contribution < 1.29 is 4.79 Å². The van der Waals surface area contributed by atoms with Crippen molar-refractivity contribution in [3.8, 4) is 5.69 Å². The fraction of sp³-hybridized carbons (Fsp3) is 0.412. The molecule has 1 aromatic carbocycles. The number of rotatable bonds is 2. The molecule has 124 valence electrons. The second-order valence-electron chi connectivity index (χ2n) is 5.99. The van der Waals surface area contributed by atoms with Gasteiger partial charge in [0.2, 0.25) is 0 Å². The third-order valence-electron chi connectivity index (χ3n) is 4.02. The van der Waals surface area contributed by atoms with E-state index in [-0.39, 0.29) is 18.3 Å². The van der Waals surface area contributed by atoms with Crippen molar-refractivity contribution in [2.24, 2.45) is 0 Å². The highest BCUT2D eigenvalue weighted by Crippen LogP contribution is 2.15. The second-order valence-corrected chi connectivity index (χ2v) is 5.99. The van der Waals surface area contributed by atoms with Crippen molar-refractivity contribution in [3.63, 3.8) is 0 Å². The predicted molar refractivity (Wildman–Crippen MR) is 93.7 cm³/mol. The first-order chi connectivity index (χ1) is 10.5. The Morgan fingerprint density at radius 1 is 1.26 bits per heavy atom. The first-order valence-corrected chi connectivity index (χ1v) is 7.71. The molecule has 0 radical (unpaired) electrons. The highest BCUT2D eigenvalue weighted by molar-refractivity contribution is 5.94. The third kappa shape index (κ3) is 3.74. The molecule has 1 atom stereocenters. The quantitative estimate of drug-likeness (QED) is 0.917. The summed E-state index contributed by atoms with van der Waals surface area (Å²) in [5.74, 6) is 0.105. The number of nitrogens with zero attached hydrogens (tertiary/aromatic N) is 3. The summed E-state index contributed by atoms with van der Waals surface area (Å²) in [7, 11) is 0. The predicted octanol–water partition coefficient (Wildman–Crippen LogP) is 2.34. The van der Waals surface area contributed by atoms with Gasteiger partial charge < -0.3 is 10.2 Å². The van der Waals surface area contributed by atoms with Crippen LogP contribution in [0.15, 0.2) is 30.3 Å². The lowest BCUT2D eigenvalue weighted by molar-refractivity contribution is 0.0709. The molecule has 23 heavy (non-hydrogen) atoms. The molecule has 1 unspecified atom stereocenters. The molecule has 5 nitrogen and oxygen atoms in total. The largest absolute Gasteiger partial charge is 0.336 e. The van der Waals surface area contributed by atoms with Gasteiger partial charge in [-0.05, 0) is 51.1 Å². The minimum absolute atomic E-state index is 0. The first-order valence-electron chi connectivity index (χ1n) is 7.71. The van der Waals surface area contributed by atoms with Crippen LogP contribution in [0, 0.1) is 13.8 Å². The minimum Gasteiger partial charge on any atom is -0.336 e. The monoisotopic (exact) mass is 334 g/mol. The van der Waals surface area contributed by atoms with Gasteiger partial charge in [0.15, 0.2) is 0 Å². The van der Waals surface area contributed by atoms with Crippen molar-refractivity contribution in [1.29, 1.82) is 0 Å². The fourth-order valence-corrected chi connectivity index (χ4v) is 2.93. The van der Waals surface area contributed by atoms with Crippen molar-refractivity contribution in [1.82, 2.24) is 20.0 Å². The molecule has 6 heteroatoms. The Kier molecular flexibility index (Phi) is 5.44. The van der Waals surface area contributed by atoms with Crippen molar-refractivity contribution in [2.75, 3.05) is 19.6 Å². The zero-order chi connectivity index (χ0) is 15.7. The van der Waals surface area contributed by atoms with Crippen molar-refractivity contribution >= 4 is 18.3 Å². The van der Waals surface area contributed by atoms with Crippen LogP contribution in [-0.2, 0) is 0 Å². The number of halogens is 1. The normalized spacial score (nSPS) is 17.7. The summed E-state index contributed by atoms with van der Waals surface area (Å²) >= 11 is 0. The van der Waals surface area contributed by atoms with Crippen LogP contribution in [-0.4, -0.2) is 46.3 Å². The summed E-state index contributed by atoms with van der Waals surface area (Å²) in [5, 5.41) is 7.82. The molecule has 0 aliphatic carbocycles. The molecule has 1 aromatic heterocycles. The van der Waals surface area contributed by atoms with Gasteiger partial charge in [-0.1, -0.05) is 0 Å². The van der Waals surface area contributed by atoms with E-state index < -0.39 is 0 Å².